The Kier molecular flexibility index (Phi) is 7.74. The number of nitrogens with zero attached hydrogens (tertiary/aromatic N) is 2. The molecule has 7 nitrogen and oxygen atoms in total. The van der Waals surface area contributed by atoms with Gasteiger partial charge in [0.2, 0.25) is 0 Å². The SMILES string of the molecule is O=C(OC(C(F)(F)F)C(F)(F)F)N1CCC2(CCCN2Cc2ccc(Cl)cc2OCC2(C(=O)O)CC2)CC1. The first kappa shape index (κ1) is 28.6. The maximum atomic E-state index is 12.8. The molecule has 2 saturated heterocycles. The molecular formula is C24H27ClF6N2O5. The molecule has 1 aromatic rings. The highest BCUT2D eigenvalue weighted by Crippen LogP contribution is 2.47. The molecule has 38 heavy (non-hydrogen) atoms. The minimum absolute atomic E-state index is 0.00867. The van der Waals surface area contributed by atoms with Crippen LogP contribution in [0.15, 0.2) is 18.2 Å². The summed E-state index contributed by atoms with van der Waals surface area (Å²) in [5, 5.41) is 9.85. The average molecular weight is 573 g/mol. The van der Waals surface area contributed by atoms with Crippen molar-refractivity contribution < 1.29 is 50.5 Å². The number of alkyl halides is 6. The van der Waals surface area contributed by atoms with E-state index < -0.39 is 41.5 Å². The maximum absolute atomic E-state index is 12.8. The first-order chi connectivity index (χ1) is 17.7. The Morgan fingerprint density at radius 2 is 1.63 bits per heavy atom. The molecule has 2 aliphatic heterocycles. The Hall–Kier alpha value is -2.41. The fourth-order valence-electron chi connectivity index (χ4n) is 5.19. The van der Waals surface area contributed by atoms with Gasteiger partial charge in [0.05, 0.1) is 0 Å². The second-order valence-corrected chi connectivity index (χ2v) is 10.6. The summed E-state index contributed by atoms with van der Waals surface area (Å²) in [7, 11) is 0. The van der Waals surface area contributed by atoms with Gasteiger partial charge in [-0.3, -0.25) is 9.69 Å². The van der Waals surface area contributed by atoms with Gasteiger partial charge in [-0.15, -0.1) is 0 Å². The normalized spacial score (nSPS) is 21.1. The van der Waals surface area contributed by atoms with Crippen molar-refractivity contribution in [3.8, 4) is 5.75 Å². The van der Waals surface area contributed by atoms with Crippen LogP contribution in [0.2, 0.25) is 5.02 Å². The van der Waals surface area contributed by atoms with Crippen LogP contribution in [0.5, 0.6) is 5.75 Å². The average Bonchev–Trinajstić information content (AvgIpc) is 3.53. The number of halogens is 7. The maximum Gasteiger partial charge on any atom is 0.434 e. The zero-order valence-corrected chi connectivity index (χ0v) is 21.0. The van der Waals surface area contributed by atoms with Gasteiger partial charge in [-0.1, -0.05) is 17.7 Å². The van der Waals surface area contributed by atoms with Gasteiger partial charge in [-0.25, -0.2) is 4.79 Å². The van der Waals surface area contributed by atoms with Gasteiger partial charge in [0.25, 0.3) is 6.10 Å². The smallest absolute Gasteiger partial charge is 0.434 e. The van der Waals surface area contributed by atoms with Gasteiger partial charge in [-0.2, -0.15) is 26.3 Å². The topological polar surface area (TPSA) is 79.3 Å². The molecule has 2 heterocycles. The van der Waals surface area contributed by atoms with Crippen molar-refractivity contribution in [1.29, 1.82) is 0 Å². The number of amides is 1. The molecule has 3 fully saturated rings. The number of carboxylic acid groups (broad SMARTS) is 1. The molecular weight excluding hydrogens is 546 g/mol. The molecule has 0 unspecified atom stereocenters. The summed E-state index contributed by atoms with van der Waals surface area (Å²) in [5.41, 5.74) is -0.524. The summed E-state index contributed by atoms with van der Waals surface area (Å²) in [6.45, 7) is 1.01. The summed E-state index contributed by atoms with van der Waals surface area (Å²) < 4.78 is 86.5. The van der Waals surface area contributed by atoms with E-state index in [0.717, 1.165) is 23.3 Å². The van der Waals surface area contributed by atoms with Crippen LogP contribution >= 0.6 is 11.6 Å². The summed E-state index contributed by atoms with van der Waals surface area (Å²) in [4.78, 5) is 26.7. The number of likely N-dealkylation sites (tertiary alicyclic amines) is 2. The molecule has 14 heteroatoms. The number of carbonyl (C=O) groups is 2. The van der Waals surface area contributed by atoms with E-state index >= 15 is 0 Å². The number of benzene rings is 1. The van der Waals surface area contributed by atoms with Crippen LogP contribution in [0.3, 0.4) is 0 Å². The van der Waals surface area contributed by atoms with Crippen LogP contribution in [0.4, 0.5) is 31.1 Å². The first-order valence-electron chi connectivity index (χ1n) is 12.1. The number of carboxylic acids is 1. The molecule has 1 spiro atoms. The van der Waals surface area contributed by atoms with Crippen molar-refractivity contribution in [1.82, 2.24) is 9.80 Å². The number of hydrogen-bond acceptors (Lipinski definition) is 5. The number of hydrogen-bond donors (Lipinski definition) is 1. The fraction of sp³-hybridized carbons (Fsp3) is 0.667. The van der Waals surface area contributed by atoms with Crippen molar-refractivity contribution in [2.24, 2.45) is 5.41 Å². The second-order valence-electron chi connectivity index (χ2n) is 10.2. The lowest BCUT2D eigenvalue weighted by molar-refractivity contribution is -0.308. The summed E-state index contributed by atoms with van der Waals surface area (Å²) in [6, 6.07) is 5.09. The van der Waals surface area contributed by atoms with Crippen molar-refractivity contribution >= 4 is 23.7 Å². The quantitative estimate of drug-likeness (QED) is 0.426. The Morgan fingerprint density at radius 3 is 2.18 bits per heavy atom. The fourth-order valence-corrected chi connectivity index (χ4v) is 5.36. The molecule has 1 aromatic carbocycles. The van der Waals surface area contributed by atoms with Crippen molar-refractivity contribution in [2.45, 2.75) is 69.1 Å². The number of carbonyl (C=O) groups excluding carboxylic acids is 1. The van der Waals surface area contributed by atoms with Gasteiger partial charge >= 0.3 is 24.4 Å². The number of aliphatic carboxylic acids is 1. The highest BCUT2D eigenvalue weighted by atomic mass is 35.5. The minimum Gasteiger partial charge on any atom is -0.492 e. The van der Waals surface area contributed by atoms with E-state index in [-0.39, 0.29) is 19.7 Å². The predicted octanol–water partition coefficient (Wildman–Crippen LogP) is 5.64. The van der Waals surface area contributed by atoms with Crippen LogP contribution in [0.25, 0.3) is 0 Å². The van der Waals surface area contributed by atoms with E-state index in [1.165, 1.54) is 0 Å². The summed E-state index contributed by atoms with van der Waals surface area (Å²) in [6.07, 6.45) is -14.1. The molecule has 4 rings (SSSR count). The lowest BCUT2D eigenvalue weighted by Crippen LogP contribution is -2.54. The minimum atomic E-state index is -5.77. The highest BCUT2D eigenvalue weighted by molar-refractivity contribution is 6.30. The largest absolute Gasteiger partial charge is 0.492 e. The monoisotopic (exact) mass is 572 g/mol. The number of piperidine rings is 1. The number of rotatable bonds is 7. The molecule has 0 atom stereocenters. The third-order valence-corrected chi connectivity index (χ3v) is 7.94. The zero-order chi connectivity index (χ0) is 27.9. The van der Waals surface area contributed by atoms with Crippen LogP contribution < -0.4 is 4.74 Å². The zero-order valence-electron chi connectivity index (χ0n) is 20.2. The standard InChI is InChI=1S/C24H27ClF6N2O5/c25-16-3-2-15(17(12-16)37-14-21(5-6-21)19(34)35)13-33-9-1-4-22(33)7-10-32(11-8-22)20(36)38-18(23(26,27)28)24(29,30)31/h2-3,12,18H,1,4-11,13-14H2,(H,34,35). The molecule has 3 aliphatic rings. The summed E-state index contributed by atoms with van der Waals surface area (Å²) in [5.74, 6) is -0.458. The Bertz CT molecular complexity index is 1040. The lowest BCUT2D eigenvalue weighted by Gasteiger charge is -2.45. The van der Waals surface area contributed by atoms with E-state index in [4.69, 9.17) is 16.3 Å². The van der Waals surface area contributed by atoms with Crippen molar-refractivity contribution in [3.05, 3.63) is 28.8 Å². The van der Waals surface area contributed by atoms with Gasteiger partial charge in [0, 0.05) is 35.8 Å². The molecule has 0 aromatic heterocycles. The van der Waals surface area contributed by atoms with Crippen molar-refractivity contribution in [3.63, 3.8) is 0 Å². The highest BCUT2D eigenvalue weighted by Gasteiger charge is 2.60. The van der Waals surface area contributed by atoms with Gasteiger partial charge in [0.1, 0.15) is 17.8 Å². The van der Waals surface area contributed by atoms with Gasteiger partial charge in [-0.05, 0) is 57.2 Å². The molecule has 212 valence electrons. The molecule has 0 radical (unpaired) electrons. The molecule has 0 bridgehead atoms. The Labute approximate surface area is 219 Å². The molecule has 1 amide bonds. The van der Waals surface area contributed by atoms with Gasteiger partial charge in [0.15, 0.2) is 0 Å². The van der Waals surface area contributed by atoms with E-state index in [1.54, 1.807) is 18.2 Å². The Balaban J connectivity index is 1.40. The first-order valence-corrected chi connectivity index (χ1v) is 12.5. The van der Waals surface area contributed by atoms with Crippen LogP contribution in [0.1, 0.15) is 44.1 Å². The predicted molar refractivity (Wildman–Crippen MR) is 122 cm³/mol. The molecule has 1 saturated carbocycles. The van der Waals surface area contributed by atoms with E-state index in [2.05, 4.69) is 9.64 Å². The van der Waals surface area contributed by atoms with Crippen LogP contribution in [-0.4, -0.2) is 77.2 Å². The Morgan fingerprint density at radius 1 is 1.00 bits per heavy atom. The van der Waals surface area contributed by atoms with E-state index in [1.807, 2.05) is 0 Å². The van der Waals surface area contributed by atoms with Crippen LogP contribution in [-0.2, 0) is 16.1 Å². The van der Waals surface area contributed by atoms with E-state index in [9.17, 15) is 41.0 Å². The van der Waals surface area contributed by atoms with Gasteiger partial charge < -0.3 is 19.5 Å². The lowest BCUT2D eigenvalue weighted by atomic mass is 9.85. The van der Waals surface area contributed by atoms with E-state index in [0.29, 0.717) is 49.5 Å². The van der Waals surface area contributed by atoms with Crippen molar-refractivity contribution in [2.75, 3.05) is 26.2 Å². The third-order valence-electron chi connectivity index (χ3n) is 7.71. The summed E-state index contributed by atoms with van der Waals surface area (Å²) >= 11 is 6.14. The second kappa shape index (κ2) is 10.3. The molecule has 1 N–H and O–H groups in total. The van der Waals surface area contributed by atoms with Crippen LogP contribution in [0, 0.1) is 5.41 Å². The number of ether oxygens (including phenoxy) is 2. The molecule has 1 aliphatic carbocycles. The third kappa shape index (κ3) is 6.08.